The Kier molecular flexibility index (Phi) is 8.91. The van der Waals surface area contributed by atoms with Crippen molar-refractivity contribution in [3.8, 4) is 5.75 Å². The topological polar surface area (TPSA) is 41.6 Å². The number of benzene rings is 1. The van der Waals surface area contributed by atoms with E-state index in [0.717, 1.165) is 37.4 Å². The van der Waals surface area contributed by atoms with Crippen LogP contribution in [0, 0.1) is 11.8 Å². The summed E-state index contributed by atoms with van der Waals surface area (Å²) in [5.74, 6) is 2.16. The molecule has 2 rings (SSSR count). The highest BCUT2D eigenvalue weighted by atomic mass is 35.5. The Morgan fingerprint density at radius 2 is 1.96 bits per heavy atom. The zero-order valence-corrected chi connectivity index (χ0v) is 17.7. The number of rotatable bonds is 7. The smallest absolute Gasteiger partial charge is 0.232 e. The Morgan fingerprint density at radius 1 is 1.31 bits per heavy atom. The van der Waals surface area contributed by atoms with Crippen LogP contribution in [0.15, 0.2) is 24.3 Å². The van der Waals surface area contributed by atoms with Crippen LogP contribution in [0.4, 0.5) is 0 Å². The van der Waals surface area contributed by atoms with Crippen molar-refractivity contribution in [3.05, 3.63) is 29.8 Å². The molecule has 0 saturated carbocycles. The molecule has 1 unspecified atom stereocenters. The average Bonchev–Trinajstić information content (AvgIpc) is 2.60. The number of nitrogens with zero attached hydrogens (tertiary/aromatic N) is 1. The van der Waals surface area contributed by atoms with Crippen LogP contribution in [0.2, 0.25) is 0 Å². The average molecular weight is 383 g/mol. The molecule has 1 aromatic rings. The van der Waals surface area contributed by atoms with E-state index in [1.165, 1.54) is 6.42 Å². The summed E-state index contributed by atoms with van der Waals surface area (Å²) in [6.45, 7) is 11.7. The van der Waals surface area contributed by atoms with Gasteiger partial charge in [0, 0.05) is 13.1 Å². The summed E-state index contributed by atoms with van der Waals surface area (Å²) in [6.07, 6.45) is 2.29. The van der Waals surface area contributed by atoms with Crippen molar-refractivity contribution in [2.24, 2.45) is 11.8 Å². The van der Waals surface area contributed by atoms with E-state index in [1.807, 2.05) is 45.2 Å². The van der Waals surface area contributed by atoms with Gasteiger partial charge in [-0.15, -0.1) is 12.4 Å². The van der Waals surface area contributed by atoms with Crippen LogP contribution < -0.4 is 10.1 Å². The van der Waals surface area contributed by atoms with Crippen molar-refractivity contribution in [1.29, 1.82) is 0 Å². The Labute approximate surface area is 165 Å². The van der Waals surface area contributed by atoms with Gasteiger partial charge >= 0.3 is 0 Å². The van der Waals surface area contributed by atoms with E-state index >= 15 is 0 Å². The van der Waals surface area contributed by atoms with Crippen LogP contribution in [0.3, 0.4) is 0 Å². The number of hydrogen-bond donors (Lipinski definition) is 1. The molecule has 1 atom stereocenters. The van der Waals surface area contributed by atoms with Gasteiger partial charge < -0.3 is 15.0 Å². The third-order valence-corrected chi connectivity index (χ3v) is 4.99. The second-order valence-corrected chi connectivity index (χ2v) is 8.17. The molecule has 148 valence electrons. The second kappa shape index (κ2) is 10.2. The summed E-state index contributed by atoms with van der Waals surface area (Å²) in [5, 5.41) is 3.24. The van der Waals surface area contributed by atoms with Gasteiger partial charge in [0.15, 0.2) is 0 Å². The number of piperidine rings is 1. The number of likely N-dealkylation sites (tertiary alicyclic amines) is 1. The van der Waals surface area contributed by atoms with Crippen molar-refractivity contribution in [2.45, 2.75) is 46.0 Å². The van der Waals surface area contributed by atoms with Crippen LogP contribution in [-0.4, -0.2) is 44.1 Å². The van der Waals surface area contributed by atoms with Crippen LogP contribution in [0.25, 0.3) is 0 Å². The lowest BCUT2D eigenvalue weighted by molar-refractivity contribution is -0.138. The minimum atomic E-state index is -0.516. The lowest BCUT2D eigenvalue weighted by Crippen LogP contribution is -2.49. The Hall–Kier alpha value is -1.26. The number of carbonyl (C=O) groups is 1. The lowest BCUT2D eigenvalue weighted by atomic mass is 9.82. The number of amides is 1. The van der Waals surface area contributed by atoms with Crippen LogP contribution in [0.5, 0.6) is 5.75 Å². The third-order valence-electron chi connectivity index (χ3n) is 4.99. The fraction of sp³-hybridized carbons (Fsp3) is 0.667. The predicted octanol–water partition coefficient (Wildman–Crippen LogP) is 3.88. The van der Waals surface area contributed by atoms with Gasteiger partial charge in [0.2, 0.25) is 5.91 Å². The monoisotopic (exact) mass is 382 g/mol. The maximum atomic E-state index is 13.1. The second-order valence-electron chi connectivity index (χ2n) is 8.17. The van der Waals surface area contributed by atoms with Crippen molar-refractivity contribution in [3.63, 3.8) is 0 Å². The highest BCUT2D eigenvalue weighted by Crippen LogP contribution is 2.29. The molecule has 1 aliphatic rings. The Balaban J connectivity index is 0.00000338. The molecule has 0 aromatic heterocycles. The van der Waals surface area contributed by atoms with Gasteiger partial charge in [-0.25, -0.2) is 0 Å². The molecular weight excluding hydrogens is 348 g/mol. The highest BCUT2D eigenvalue weighted by molar-refractivity contribution is 5.87. The predicted molar refractivity (Wildman–Crippen MR) is 110 cm³/mol. The first-order valence-electron chi connectivity index (χ1n) is 9.52. The van der Waals surface area contributed by atoms with E-state index in [2.05, 4.69) is 24.1 Å². The van der Waals surface area contributed by atoms with Gasteiger partial charge in [0.25, 0.3) is 0 Å². The molecule has 0 bridgehead atoms. The Bertz CT molecular complexity index is 556. The first-order valence-corrected chi connectivity index (χ1v) is 9.52. The van der Waals surface area contributed by atoms with E-state index in [0.29, 0.717) is 18.4 Å². The number of hydrogen-bond acceptors (Lipinski definition) is 3. The minimum Gasteiger partial charge on any atom is -0.493 e. The lowest BCUT2D eigenvalue weighted by Gasteiger charge is -2.38. The normalized spacial score (nSPS) is 17.8. The summed E-state index contributed by atoms with van der Waals surface area (Å²) in [4.78, 5) is 15.2. The van der Waals surface area contributed by atoms with E-state index in [-0.39, 0.29) is 18.3 Å². The molecule has 1 fully saturated rings. The highest BCUT2D eigenvalue weighted by Gasteiger charge is 2.35. The molecule has 26 heavy (non-hydrogen) atoms. The molecular formula is C21H35ClN2O2. The van der Waals surface area contributed by atoms with Crippen molar-refractivity contribution in [1.82, 2.24) is 10.2 Å². The van der Waals surface area contributed by atoms with Crippen LogP contribution in [0.1, 0.15) is 46.1 Å². The van der Waals surface area contributed by atoms with Crippen molar-refractivity contribution >= 4 is 18.3 Å². The molecule has 1 heterocycles. The van der Waals surface area contributed by atoms with Gasteiger partial charge in [-0.1, -0.05) is 26.0 Å². The maximum Gasteiger partial charge on any atom is 0.232 e. The molecule has 5 heteroatoms. The number of halogens is 1. The molecule has 1 aliphatic heterocycles. The van der Waals surface area contributed by atoms with Crippen LogP contribution in [-0.2, 0) is 10.2 Å². The van der Waals surface area contributed by atoms with Gasteiger partial charge in [-0.05, 0) is 69.8 Å². The number of nitrogens with one attached hydrogen (secondary N) is 1. The Morgan fingerprint density at radius 3 is 2.54 bits per heavy atom. The summed E-state index contributed by atoms with van der Waals surface area (Å²) < 4.78 is 5.75. The standard InChI is InChI=1S/C21H34N2O2.ClH/c1-16(2)15-25-19-10-8-18(9-11-19)21(3,4)20(24)23-12-6-7-17(14-23)13-22-5;/h8-11,16-17,22H,6-7,12-15H2,1-5H3;1H. The molecule has 0 radical (unpaired) electrons. The number of carbonyl (C=O) groups excluding carboxylic acids is 1. The van der Waals surface area contributed by atoms with E-state index in [1.54, 1.807) is 0 Å². The fourth-order valence-corrected chi connectivity index (χ4v) is 3.45. The first kappa shape index (κ1) is 22.8. The summed E-state index contributed by atoms with van der Waals surface area (Å²) >= 11 is 0. The van der Waals surface area contributed by atoms with E-state index in [9.17, 15) is 4.79 Å². The fourth-order valence-electron chi connectivity index (χ4n) is 3.45. The summed E-state index contributed by atoms with van der Waals surface area (Å²) in [5.41, 5.74) is 0.531. The van der Waals surface area contributed by atoms with Crippen molar-refractivity contribution < 1.29 is 9.53 Å². The van der Waals surface area contributed by atoms with Gasteiger partial charge in [0.05, 0.1) is 12.0 Å². The van der Waals surface area contributed by atoms with Gasteiger partial charge in [-0.2, -0.15) is 0 Å². The third kappa shape index (κ3) is 5.88. The molecule has 4 nitrogen and oxygen atoms in total. The minimum absolute atomic E-state index is 0. The largest absolute Gasteiger partial charge is 0.493 e. The number of ether oxygens (including phenoxy) is 1. The maximum absolute atomic E-state index is 13.1. The van der Waals surface area contributed by atoms with Crippen molar-refractivity contribution in [2.75, 3.05) is 33.3 Å². The zero-order chi connectivity index (χ0) is 18.4. The molecule has 0 spiro atoms. The van der Waals surface area contributed by atoms with E-state index in [4.69, 9.17) is 4.74 Å². The van der Waals surface area contributed by atoms with Gasteiger partial charge in [-0.3, -0.25) is 4.79 Å². The van der Waals surface area contributed by atoms with Gasteiger partial charge in [0.1, 0.15) is 5.75 Å². The molecule has 1 N–H and O–H groups in total. The first-order chi connectivity index (χ1) is 11.8. The molecule has 1 amide bonds. The molecule has 1 aromatic carbocycles. The SMILES string of the molecule is CNCC1CCCN(C(=O)C(C)(C)c2ccc(OCC(C)C)cc2)C1.Cl. The summed E-state index contributed by atoms with van der Waals surface area (Å²) in [6, 6.07) is 8.02. The molecule has 1 saturated heterocycles. The zero-order valence-electron chi connectivity index (χ0n) is 16.9. The van der Waals surface area contributed by atoms with Crippen LogP contribution >= 0.6 is 12.4 Å². The van der Waals surface area contributed by atoms with E-state index < -0.39 is 5.41 Å². The quantitative estimate of drug-likeness (QED) is 0.778. The summed E-state index contributed by atoms with van der Waals surface area (Å²) in [7, 11) is 1.98. The molecule has 0 aliphatic carbocycles.